The number of sulfonamides is 1. The van der Waals surface area contributed by atoms with E-state index in [-0.39, 0.29) is 28.8 Å². The van der Waals surface area contributed by atoms with Gasteiger partial charge in [-0.25, -0.2) is 12.8 Å². The summed E-state index contributed by atoms with van der Waals surface area (Å²) >= 11 is 0. The first-order valence-corrected chi connectivity index (χ1v) is 7.89. The number of rotatable bonds is 3. The second kappa shape index (κ2) is 5.67. The predicted molar refractivity (Wildman–Crippen MR) is 74.3 cm³/mol. The number of ether oxygens (including phenoxy) is 1. The van der Waals surface area contributed by atoms with Crippen molar-refractivity contribution in [2.24, 2.45) is 0 Å². The zero-order chi connectivity index (χ0) is 14.9. The fourth-order valence-corrected chi connectivity index (χ4v) is 4.18. The first-order valence-electron chi connectivity index (χ1n) is 6.45. The van der Waals surface area contributed by atoms with Gasteiger partial charge >= 0.3 is 0 Å². The van der Waals surface area contributed by atoms with Crippen molar-refractivity contribution in [3.8, 4) is 0 Å². The number of benzene rings is 1. The fraction of sp³-hybridized carbons (Fsp3) is 0.538. The monoisotopic (exact) mass is 302 g/mol. The number of nitrogens with zero attached hydrogens (tertiary/aromatic N) is 1. The van der Waals surface area contributed by atoms with Gasteiger partial charge in [-0.05, 0) is 31.9 Å². The Morgan fingerprint density at radius 1 is 1.45 bits per heavy atom. The van der Waals surface area contributed by atoms with E-state index in [9.17, 15) is 12.8 Å². The van der Waals surface area contributed by atoms with Gasteiger partial charge < -0.3 is 10.5 Å². The lowest BCUT2D eigenvalue weighted by Crippen LogP contribution is -2.43. The Balaban J connectivity index is 2.40. The lowest BCUT2D eigenvalue weighted by Gasteiger charge is -2.31. The molecule has 7 heteroatoms. The van der Waals surface area contributed by atoms with E-state index in [0.717, 1.165) is 18.9 Å². The maximum absolute atomic E-state index is 13.7. The summed E-state index contributed by atoms with van der Waals surface area (Å²) in [6.07, 6.45) is 1.43. The van der Waals surface area contributed by atoms with Crippen LogP contribution in [0.15, 0.2) is 17.0 Å². The van der Waals surface area contributed by atoms with Crippen LogP contribution in [0.5, 0.6) is 0 Å². The molecule has 0 radical (unpaired) electrons. The topological polar surface area (TPSA) is 72.6 Å². The van der Waals surface area contributed by atoms with Crippen molar-refractivity contribution in [3.63, 3.8) is 0 Å². The Hall–Kier alpha value is -1.18. The van der Waals surface area contributed by atoms with E-state index in [1.54, 1.807) is 7.11 Å². The Morgan fingerprint density at radius 2 is 2.15 bits per heavy atom. The highest BCUT2D eigenvalue weighted by Crippen LogP contribution is 2.27. The molecule has 1 aliphatic rings. The van der Waals surface area contributed by atoms with E-state index >= 15 is 0 Å². The van der Waals surface area contributed by atoms with Crippen LogP contribution < -0.4 is 5.73 Å². The number of halogens is 1. The molecule has 112 valence electrons. The average molecular weight is 302 g/mol. The van der Waals surface area contributed by atoms with Gasteiger partial charge in [0.05, 0.1) is 11.0 Å². The van der Waals surface area contributed by atoms with Crippen molar-refractivity contribution in [2.75, 3.05) is 25.9 Å². The molecule has 20 heavy (non-hydrogen) atoms. The highest BCUT2D eigenvalue weighted by atomic mass is 32.2. The van der Waals surface area contributed by atoms with Crippen LogP contribution in [-0.2, 0) is 14.8 Å². The molecule has 1 unspecified atom stereocenters. The number of hydrogen-bond donors (Lipinski definition) is 1. The minimum atomic E-state index is -3.75. The zero-order valence-electron chi connectivity index (χ0n) is 11.6. The highest BCUT2D eigenvalue weighted by Gasteiger charge is 2.32. The lowest BCUT2D eigenvalue weighted by molar-refractivity contribution is 0.0571. The second-order valence-corrected chi connectivity index (χ2v) is 6.90. The van der Waals surface area contributed by atoms with Gasteiger partial charge in [-0.1, -0.05) is 0 Å². The third kappa shape index (κ3) is 2.79. The third-order valence-corrected chi connectivity index (χ3v) is 5.60. The Morgan fingerprint density at radius 3 is 2.80 bits per heavy atom. The smallest absolute Gasteiger partial charge is 0.243 e. The van der Waals surface area contributed by atoms with Gasteiger partial charge in [0, 0.05) is 31.5 Å². The largest absolute Gasteiger partial charge is 0.399 e. The minimum absolute atomic E-state index is 0.0632. The molecule has 2 N–H and O–H groups in total. The summed E-state index contributed by atoms with van der Waals surface area (Å²) in [5.74, 6) is -0.608. The van der Waals surface area contributed by atoms with E-state index in [1.807, 2.05) is 0 Å². The molecule has 1 heterocycles. The van der Waals surface area contributed by atoms with Crippen molar-refractivity contribution >= 4 is 15.7 Å². The second-order valence-electron chi connectivity index (χ2n) is 4.99. The maximum Gasteiger partial charge on any atom is 0.243 e. The van der Waals surface area contributed by atoms with Crippen molar-refractivity contribution in [3.05, 3.63) is 23.5 Å². The molecule has 0 aromatic heterocycles. The molecule has 1 fully saturated rings. The molecule has 0 saturated carbocycles. The first-order chi connectivity index (χ1) is 9.36. The Labute approximate surface area is 118 Å². The van der Waals surface area contributed by atoms with E-state index in [1.165, 1.54) is 17.3 Å². The van der Waals surface area contributed by atoms with Crippen LogP contribution in [0.2, 0.25) is 0 Å². The molecular weight excluding hydrogens is 283 g/mol. The molecule has 0 spiro atoms. The molecule has 0 bridgehead atoms. The molecule has 1 atom stereocenters. The van der Waals surface area contributed by atoms with Gasteiger partial charge in [0.25, 0.3) is 0 Å². The number of methoxy groups -OCH3 is 1. The van der Waals surface area contributed by atoms with Crippen LogP contribution in [-0.4, -0.2) is 39.0 Å². The number of nitrogen functional groups attached to an aromatic ring is 1. The predicted octanol–water partition coefficient (Wildman–Crippen LogP) is 1.52. The summed E-state index contributed by atoms with van der Waals surface area (Å²) in [6.45, 7) is 2.14. The molecule has 0 aliphatic carbocycles. The van der Waals surface area contributed by atoms with Gasteiger partial charge in [0.2, 0.25) is 10.0 Å². The van der Waals surface area contributed by atoms with Crippen molar-refractivity contribution in [1.29, 1.82) is 0 Å². The summed E-state index contributed by atoms with van der Waals surface area (Å²) in [4.78, 5) is -0.0632. The summed E-state index contributed by atoms with van der Waals surface area (Å²) in [6, 6.07) is 2.44. The minimum Gasteiger partial charge on any atom is -0.399 e. The number of nitrogens with two attached hydrogens (primary N) is 1. The van der Waals surface area contributed by atoms with Crippen molar-refractivity contribution < 1.29 is 17.5 Å². The molecule has 1 saturated heterocycles. The van der Waals surface area contributed by atoms with Crippen LogP contribution in [0.25, 0.3) is 0 Å². The molecule has 1 aromatic carbocycles. The average Bonchev–Trinajstić information content (AvgIpc) is 2.42. The third-order valence-electron chi connectivity index (χ3n) is 3.61. The van der Waals surface area contributed by atoms with Gasteiger partial charge in [-0.15, -0.1) is 0 Å². The van der Waals surface area contributed by atoms with Gasteiger partial charge in [0.15, 0.2) is 0 Å². The maximum atomic E-state index is 13.7. The van der Waals surface area contributed by atoms with Crippen LogP contribution in [0.1, 0.15) is 18.4 Å². The Kier molecular flexibility index (Phi) is 4.31. The Bertz CT molecular complexity index is 604. The first kappa shape index (κ1) is 15.2. The lowest BCUT2D eigenvalue weighted by atomic mass is 10.1. The van der Waals surface area contributed by atoms with Crippen molar-refractivity contribution in [1.82, 2.24) is 4.31 Å². The zero-order valence-corrected chi connectivity index (χ0v) is 12.4. The summed E-state index contributed by atoms with van der Waals surface area (Å²) in [7, 11) is -2.19. The molecule has 0 amide bonds. The van der Waals surface area contributed by atoms with E-state index < -0.39 is 15.8 Å². The van der Waals surface area contributed by atoms with Crippen LogP contribution in [0.3, 0.4) is 0 Å². The molecular formula is C13H19FN2O3S. The number of anilines is 1. The summed E-state index contributed by atoms with van der Waals surface area (Å²) < 4.78 is 45.5. The normalized spacial score (nSPS) is 21.1. The van der Waals surface area contributed by atoms with E-state index in [4.69, 9.17) is 10.5 Å². The van der Waals surface area contributed by atoms with Gasteiger partial charge in [-0.2, -0.15) is 4.31 Å². The van der Waals surface area contributed by atoms with Crippen LogP contribution in [0, 0.1) is 12.7 Å². The summed E-state index contributed by atoms with van der Waals surface area (Å²) in [5.41, 5.74) is 5.76. The summed E-state index contributed by atoms with van der Waals surface area (Å²) in [5, 5.41) is 0. The van der Waals surface area contributed by atoms with Crippen molar-refractivity contribution in [2.45, 2.75) is 30.8 Å². The molecule has 5 nitrogen and oxygen atoms in total. The standard InChI is InChI=1S/C13H19FN2O3S/c1-9-12(14)6-10(15)7-13(9)20(17,18)16-5-3-4-11(8-16)19-2/h6-7,11H,3-5,8,15H2,1-2H3. The fourth-order valence-electron chi connectivity index (χ4n) is 2.40. The number of hydrogen-bond acceptors (Lipinski definition) is 4. The van der Waals surface area contributed by atoms with E-state index in [0.29, 0.717) is 6.54 Å². The SMILES string of the molecule is COC1CCCN(S(=O)(=O)c2cc(N)cc(F)c2C)C1. The van der Waals surface area contributed by atoms with Gasteiger partial charge in [0.1, 0.15) is 5.82 Å². The van der Waals surface area contributed by atoms with E-state index in [2.05, 4.69) is 0 Å². The van der Waals surface area contributed by atoms with Crippen LogP contribution in [0.4, 0.5) is 10.1 Å². The molecule has 1 aromatic rings. The number of piperidine rings is 1. The van der Waals surface area contributed by atoms with Gasteiger partial charge in [-0.3, -0.25) is 0 Å². The molecule has 2 rings (SSSR count). The van der Waals surface area contributed by atoms with Crippen LogP contribution >= 0.6 is 0 Å². The molecule has 1 aliphatic heterocycles. The quantitative estimate of drug-likeness (QED) is 0.859. The highest BCUT2D eigenvalue weighted by molar-refractivity contribution is 7.89.